The first-order valence-corrected chi connectivity index (χ1v) is 3.64. The summed E-state index contributed by atoms with van der Waals surface area (Å²) >= 11 is 2.99. The van der Waals surface area contributed by atoms with E-state index in [4.69, 9.17) is 5.21 Å². The van der Waals surface area contributed by atoms with Crippen molar-refractivity contribution in [1.82, 2.24) is 4.98 Å². The lowest BCUT2D eigenvalue weighted by Gasteiger charge is -1.98. The Bertz CT molecular complexity index is 317. The number of nitrogens with zero attached hydrogens (tertiary/aromatic N) is 2. The van der Waals surface area contributed by atoms with E-state index in [-0.39, 0.29) is 11.5 Å². The number of hydrogen-bond acceptors (Lipinski definition) is 5. The van der Waals surface area contributed by atoms with E-state index >= 15 is 0 Å². The van der Waals surface area contributed by atoms with Crippen molar-refractivity contribution in [2.75, 3.05) is 5.48 Å². The zero-order chi connectivity index (χ0) is 9.14. The summed E-state index contributed by atoms with van der Waals surface area (Å²) in [5.74, 6) is 0.139. The molecule has 64 valence electrons. The Kier molecular flexibility index (Phi) is 2.56. The second-order valence-corrected chi connectivity index (χ2v) is 2.75. The van der Waals surface area contributed by atoms with Gasteiger partial charge in [0.15, 0.2) is 5.82 Å². The molecule has 6 nitrogen and oxygen atoms in total. The highest BCUT2D eigenvalue weighted by Gasteiger charge is 2.09. The van der Waals surface area contributed by atoms with Gasteiger partial charge in [0.2, 0.25) is 0 Å². The van der Waals surface area contributed by atoms with Crippen LogP contribution < -0.4 is 5.48 Å². The molecule has 0 unspecified atom stereocenters. The van der Waals surface area contributed by atoms with Crippen molar-refractivity contribution in [1.29, 1.82) is 0 Å². The van der Waals surface area contributed by atoms with Gasteiger partial charge in [-0.15, -0.1) is 0 Å². The zero-order valence-corrected chi connectivity index (χ0v) is 7.28. The number of aromatic nitrogens is 1. The average molecular weight is 234 g/mol. The summed E-state index contributed by atoms with van der Waals surface area (Å²) in [6.45, 7) is 0. The minimum atomic E-state index is -0.571. The van der Waals surface area contributed by atoms with Crippen molar-refractivity contribution in [2.45, 2.75) is 0 Å². The lowest BCUT2D eigenvalue weighted by Crippen LogP contribution is -1.96. The van der Waals surface area contributed by atoms with E-state index in [2.05, 4.69) is 20.9 Å². The van der Waals surface area contributed by atoms with Crippen molar-refractivity contribution in [3.8, 4) is 0 Å². The van der Waals surface area contributed by atoms with Crippen molar-refractivity contribution < 1.29 is 10.1 Å². The quantitative estimate of drug-likeness (QED) is 0.598. The van der Waals surface area contributed by atoms with Crippen LogP contribution in [0, 0.1) is 10.1 Å². The molecular weight excluding hydrogens is 230 g/mol. The van der Waals surface area contributed by atoms with E-state index in [1.165, 1.54) is 6.07 Å². The molecule has 0 fully saturated rings. The van der Waals surface area contributed by atoms with Crippen molar-refractivity contribution in [3.05, 3.63) is 26.9 Å². The van der Waals surface area contributed by atoms with Gasteiger partial charge >= 0.3 is 0 Å². The van der Waals surface area contributed by atoms with E-state index in [1.807, 2.05) is 0 Å². The summed E-state index contributed by atoms with van der Waals surface area (Å²) in [5.41, 5.74) is 1.64. The topological polar surface area (TPSA) is 88.3 Å². The maximum absolute atomic E-state index is 10.2. The first-order valence-electron chi connectivity index (χ1n) is 2.85. The summed E-state index contributed by atoms with van der Waals surface area (Å²) in [7, 11) is 0. The van der Waals surface area contributed by atoms with Gasteiger partial charge < -0.3 is 0 Å². The molecule has 0 spiro atoms. The number of anilines is 1. The second-order valence-electron chi connectivity index (χ2n) is 1.89. The third kappa shape index (κ3) is 1.69. The van der Waals surface area contributed by atoms with Gasteiger partial charge in [-0.3, -0.25) is 20.8 Å². The molecule has 0 radical (unpaired) electrons. The van der Waals surface area contributed by atoms with Crippen LogP contribution in [0.4, 0.5) is 11.5 Å². The maximum atomic E-state index is 10.2. The van der Waals surface area contributed by atoms with Gasteiger partial charge in [-0.1, -0.05) is 0 Å². The minimum absolute atomic E-state index is 0.138. The molecule has 0 aromatic carbocycles. The summed E-state index contributed by atoms with van der Waals surface area (Å²) in [5, 5.41) is 18.7. The number of hydrogen-bond donors (Lipinski definition) is 2. The number of halogens is 1. The SMILES string of the molecule is O=[N+]([O-])c1cnc(NO)c(Br)c1. The fraction of sp³-hybridized carbons (Fsp3) is 0. The first-order chi connectivity index (χ1) is 5.65. The van der Waals surface area contributed by atoms with Crippen LogP contribution >= 0.6 is 15.9 Å². The molecule has 7 heteroatoms. The Labute approximate surface area is 75.5 Å². The largest absolute Gasteiger partial charge is 0.290 e. The molecule has 0 bridgehead atoms. The van der Waals surface area contributed by atoms with Crippen LogP contribution in [-0.4, -0.2) is 15.1 Å². The molecule has 1 aromatic heterocycles. The molecular formula is C5H4BrN3O3. The monoisotopic (exact) mass is 233 g/mol. The average Bonchev–Trinajstić information content (AvgIpc) is 2.04. The molecule has 0 atom stereocenters. The number of pyridine rings is 1. The standard InChI is InChI=1S/C5H4BrN3O3/c6-4-1-3(9(11)12)2-7-5(4)8-10/h1-2,10H,(H,7,8). The Morgan fingerprint density at radius 3 is 2.83 bits per heavy atom. The highest BCUT2D eigenvalue weighted by Crippen LogP contribution is 2.23. The van der Waals surface area contributed by atoms with Gasteiger partial charge in [0, 0.05) is 6.07 Å². The molecule has 2 N–H and O–H groups in total. The third-order valence-electron chi connectivity index (χ3n) is 1.14. The molecule has 0 saturated carbocycles. The lowest BCUT2D eigenvalue weighted by molar-refractivity contribution is -0.385. The highest BCUT2D eigenvalue weighted by atomic mass is 79.9. The lowest BCUT2D eigenvalue weighted by atomic mass is 10.4. The van der Waals surface area contributed by atoms with E-state index in [0.29, 0.717) is 4.47 Å². The van der Waals surface area contributed by atoms with Gasteiger partial charge in [0.25, 0.3) is 5.69 Å². The molecule has 1 heterocycles. The Morgan fingerprint density at radius 1 is 1.75 bits per heavy atom. The third-order valence-corrected chi connectivity index (χ3v) is 1.75. The zero-order valence-electron chi connectivity index (χ0n) is 5.69. The van der Waals surface area contributed by atoms with Gasteiger partial charge in [-0.25, -0.2) is 4.98 Å². The fourth-order valence-electron chi connectivity index (χ4n) is 0.610. The summed E-state index contributed by atoms with van der Waals surface area (Å²) < 4.78 is 0.333. The molecule has 0 aliphatic rings. The van der Waals surface area contributed by atoms with Crippen molar-refractivity contribution in [2.24, 2.45) is 0 Å². The van der Waals surface area contributed by atoms with Crippen LogP contribution in [0.15, 0.2) is 16.7 Å². The van der Waals surface area contributed by atoms with Crippen LogP contribution in [0.25, 0.3) is 0 Å². The van der Waals surface area contributed by atoms with Crippen LogP contribution in [0.1, 0.15) is 0 Å². The molecule has 1 rings (SSSR count). The molecule has 0 aliphatic carbocycles. The van der Waals surface area contributed by atoms with Crippen molar-refractivity contribution in [3.63, 3.8) is 0 Å². The van der Waals surface area contributed by atoms with Crippen LogP contribution in [0.3, 0.4) is 0 Å². The Morgan fingerprint density at radius 2 is 2.42 bits per heavy atom. The number of nitrogens with one attached hydrogen (secondary N) is 1. The van der Waals surface area contributed by atoms with E-state index in [1.54, 1.807) is 5.48 Å². The normalized spacial score (nSPS) is 9.50. The predicted molar refractivity (Wildman–Crippen MR) is 44.0 cm³/mol. The van der Waals surface area contributed by atoms with Gasteiger partial charge in [0.05, 0.1) is 9.40 Å². The second kappa shape index (κ2) is 3.46. The van der Waals surface area contributed by atoms with E-state index in [0.717, 1.165) is 6.20 Å². The number of rotatable bonds is 2. The van der Waals surface area contributed by atoms with E-state index in [9.17, 15) is 10.1 Å². The minimum Gasteiger partial charge on any atom is -0.290 e. The molecule has 0 saturated heterocycles. The van der Waals surface area contributed by atoms with Gasteiger partial charge in [-0.2, -0.15) is 0 Å². The maximum Gasteiger partial charge on any atom is 0.288 e. The predicted octanol–water partition coefficient (Wildman–Crippen LogP) is 1.55. The molecule has 0 aliphatic heterocycles. The van der Waals surface area contributed by atoms with E-state index < -0.39 is 4.92 Å². The van der Waals surface area contributed by atoms with Crippen molar-refractivity contribution >= 4 is 27.4 Å². The Balaban J connectivity index is 3.10. The smallest absolute Gasteiger partial charge is 0.288 e. The summed E-state index contributed by atoms with van der Waals surface area (Å²) in [6, 6.07) is 1.24. The number of nitro groups is 1. The fourth-order valence-corrected chi connectivity index (χ4v) is 1.04. The molecule has 1 aromatic rings. The van der Waals surface area contributed by atoms with Crippen LogP contribution in [0.5, 0.6) is 0 Å². The highest BCUT2D eigenvalue weighted by molar-refractivity contribution is 9.10. The Hall–Kier alpha value is -1.21. The molecule has 0 amide bonds. The first kappa shape index (κ1) is 8.88. The molecule has 12 heavy (non-hydrogen) atoms. The summed E-state index contributed by atoms with van der Waals surface area (Å²) in [4.78, 5) is 13.2. The van der Waals surface area contributed by atoms with Crippen LogP contribution in [-0.2, 0) is 0 Å². The van der Waals surface area contributed by atoms with Gasteiger partial charge in [-0.05, 0) is 15.9 Å². The van der Waals surface area contributed by atoms with Crippen LogP contribution in [0.2, 0.25) is 0 Å². The van der Waals surface area contributed by atoms with Gasteiger partial charge in [0.1, 0.15) is 6.20 Å². The summed E-state index contributed by atoms with van der Waals surface area (Å²) in [6.07, 6.45) is 1.04.